The van der Waals surface area contributed by atoms with E-state index >= 15 is 0 Å². The van der Waals surface area contributed by atoms with Crippen LogP contribution < -0.4 is 0 Å². The summed E-state index contributed by atoms with van der Waals surface area (Å²) in [5.74, 6) is -1.26. The minimum absolute atomic E-state index is 0.0781. The maximum absolute atomic E-state index is 12.3. The Hall–Kier alpha value is -1.95. The lowest BCUT2D eigenvalue weighted by Gasteiger charge is -2.46. The van der Waals surface area contributed by atoms with Gasteiger partial charge in [-0.2, -0.15) is 0 Å². The lowest BCUT2D eigenvalue weighted by molar-refractivity contribution is -0.153. The molecule has 0 unspecified atom stereocenters. The number of likely N-dealkylation sites (tertiary alicyclic amines) is 1. The molecule has 0 radical (unpaired) electrons. The van der Waals surface area contributed by atoms with Gasteiger partial charge < -0.3 is 9.84 Å². The highest BCUT2D eigenvalue weighted by molar-refractivity contribution is 8.00. The van der Waals surface area contributed by atoms with Crippen molar-refractivity contribution in [3.63, 3.8) is 0 Å². The van der Waals surface area contributed by atoms with E-state index in [0.29, 0.717) is 6.42 Å². The number of aliphatic hydroxyl groups is 1. The third-order valence-corrected chi connectivity index (χ3v) is 4.88. The van der Waals surface area contributed by atoms with Crippen molar-refractivity contribution >= 4 is 23.6 Å². The van der Waals surface area contributed by atoms with E-state index in [9.17, 15) is 14.7 Å². The Morgan fingerprint density at radius 2 is 2.00 bits per heavy atom. The molecule has 0 spiro atoms. The maximum atomic E-state index is 12.3. The number of methoxy groups -OCH3 is 1. The predicted octanol–water partition coefficient (Wildman–Crippen LogP) is 2.94. The van der Waals surface area contributed by atoms with Crippen LogP contribution in [0.25, 0.3) is 0 Å². The molecule has 1 aliphatic rings. The Balaban J connectivity index is 2.30. The molecule has 1 fully saturated rings. The molecule has 22 heavy (non-hydrogen) atoms. The van der Waals surface area contributed by atoms with Gasteiger partial charge in [-0.25, -0.2) is 4.79 Å². The van der Waals surface area contributed by atoms with Crippen molar-refractivity contribution in [2.45, 2.75) is 30.5 Å². The minimum Gasteiger partial charge on any atom is -0.510 e. The molecule has 0 aromatic heterocycles. The first-order valence-corrected chi connectivity index (χ1v) is 7.92. The Kier molecular flexibility index (Phi) is 5.13. The molecule has 1 N–H and O–H groups in total. The van der Waals surface area contributed by atoms with E-state index in [4.69, 9.17) is 0 Å². The van der Waals surface area contributed by atoms with Crippen LogP contribution >= 0.6 is 11.8 Å². The highest BCUT2D eigenvalue weighted by atomic mass is 32.2. The van der Waals surface area contributed by atoms with Crippen LogP contribution in [0, 0.1) is 5.92 Å². The van der Waals surface area contributed by atoms with Crippen LogP contribution in [0.1, 0.15) is 20.3 Å². The summed E-state index contributed by atoms with van der Waals surface area (Å²) in [7, 11) is 1.23. The maximum Gasteiger partial charge on any atom is 0.358 e. The summed E-state index contributed by atoms with van der Waals surface area (Å²) in [4.78, 5) is 26.5. The zero-order valence-electron chi connectivity index (χ0n) is 12.8. The monoisotopic (exact) mass is 321 g/mol. The Morgan fingerprint density at radius 1 is 1.36 bits per heavy atom. The molecule has 0 bridgehead atoms. The lowest BCUT2D eigenvalue weighted by atomic mass is 9.94. The fraction of sp³-hybridized carbons (Fsp3) is 0.375. The van der Waals surface area contributed by atoms with Crippen molar-refractivity contribution < 1.29 is 19.4 Å². The van der Waals surface area contributed by atoms with Gasteiger partial charge >= 0.3 is 5.97 Å². The molecule has 1 aromatic carbocycles. The van der Waals surface area contributed by atoms with E-state index in [1.807, 2.05) is 37.3 Å². The molecular weight excluding hydrogens is 302 g/mol. The summed E-state index contributed by atoms with van der Waals surface area (Å²) < 4.78 is 4.69. The Labute approximate surface area is 133 Å². The van der Waals surface area contributed by atoms with Gasteiger partial charge in [-0.3, -0.25) is 9.69 Å². The van der Waals surface area contributed by atoms with Crippen LogP contribution in [-0.4, -0.2) is 34.4 Å². The topological polar surface area (TPSA) is 66.8 Å². The summed E-state index contributed by atoms with van der Waals surface area (Å²) in [5.41, 5.74) is -0.0781. The smallest absolute Gasteiger partial charge is 0.358 e. The van der Waals surface area contributed by atoms with E-state index in [1.54, 1.807) is 0 Å². The van der Waals surface area contributed by atoms with Gasteiger partial charge in [0.2, 0.25) is 5.91 Å². The number of hydrogen-bond acceptors (Lipinski definition) is 5. The molecule has 6 heteroatoms. The number of β-lactam (4-membered cyclic amide) rings is 1. The van der Waals surface area contributed by atoms with Crippen LogP contribution in [0.15, 0.2) is 46.7 Å². The van der Waals surface area contributed by atoms with E-state index in [0.717, 1.165) is 4.90 Å². The summed E-state index contributed by atoms with van der Waals surface area (Å²) in [6.07, 6.45) is 0.679. The summed E-state index contributed by atoms with van der Waals surface area (Å²) >= 11 is 1.50. The van der Waals surface area contributed by atoms with E-state index < -0.39 is 5.97 Å². The van der Waals surface area contributed by atoms with Gasteiger partial charge in [-0.05, 0) is 25.5 Å². The van der Waals surface area contributed by atoms with Crippen LogP contribution in [0.5, 0.6) is 0 Å². The van der Waals surface area contributed by atoms with Gasteiger partial charge in [-0.1, -0.05) is 36.9 Å². The lowest BCUT2D eigenvalue weighted by Crippen LogP contribution is -2.59. The summed E-state index contributed by atoms with van der Waals surface area (Å²) in [5, 5.41) is 9.56. The quantitative estimate of drug-likeness (QED) is 0.391. The van der Waals surface area contributed by atoms with Crippen molar-refractivity contribution in [3.05, 3.63) is 41.8 Å². The van der Waals surface area contributed by atoms with Crippen LogP contribution in [0.4, 0.5) is 0 Å². The predicted molar refractivity (Wildman–Crippen MR) is 84.1 cm³/mol. The summed E-state index contributed by atoms with van der Waals surface area (Å²) in [6.45, 7) is 3.31. The van der Waals surface area contributed by atoms with Crippen molar-refractivity contribution in [2.75, 3.05) is 7.11 Å². The highest BCUT2D eigenvalue weighted by Crippen LogP contribution is 2.43. The first-order valence-electron chi connectivity index (χ1n) is 7.04. The first-order chi connectivity index (χ1) is 10.5. The van der Waals surface area contributed by atoms with E-state index in [-0.39, 0.29) is 28.7 Å². The number of nitrogens with zero attached hydrogens (tertiary/aromatic N) is 1. The van der Waals surface area contributed by atoms with E-state index in [2.05, 4.69) is 4.74 Å². The minimum atomic E-state index is -0.707. The number of carbonyl (C=O) groups is 2. The Morgan fingerprint density at radius 3 is 2.50 bits per heavy atom. The van der Waals surface area contributed by atoms with Crippen molar-refractivity contribution in [1.29, 1.82) is 0 Å². The molecule has 2 rings (SSSR count). The second-order valence-corrected chi connectivity index (χ2v) is 6.16. The van der Waals surface area contributed by atoms with Crippen LogP contribution in [0.2, 0.25) is 0 Å². The molecule has 5 nitrogen and oxygen atoms in total. The van der Waals surface area contributed by atoms with Gasteiger partial charge in [0.25, 0.3) is 0 Å². The largest absolute Gasteiger partial charge is 0.510 e. The van der Waals surface area contributed by atoms with Crippen molar-refractivity contribution in [3.8, 4) is 0 Å². The highest BCUT2D eigenvalue weighted by Gasteiger charge is 2.50. The van der Waals surface area contributed by atoms with Gasteiger partial charge in [0.15, 0.2) is 5.70 Å². The van der Waals surface area contributed by atoms with Crippen LogP contribution in [0.3, 0.4) is 0 Å². The van der Waals surface area contributed by atoms with Gasteiger partial charge in [-0.15, -0.1) is 0 Å². The summed E-state index contributed by atoms with van der Waals surface area (Å²) in [6, 6.07) is 9.66. The fourth-order valence-corrected chi connectivity index (χ4v) is 3.81. The fourth-order valence-electron chi connectivity index (χ4n) is 2.43. The molecule has 1 aromatic rings. The number of hydrogen-bond donors (Lipinski definition) is 1. The number of esters is 1. The van der Waals surface area contributed by atoms with Gasteiger partial charge in [0, 0.05) is 4.90 Å². The molecule has 1 aliphatic heterocycles. The number of carbonyl (C=O) groups excluding carboxylic acids is 2. The number of amides is 1. The van der Waals surface area contributed by atoms with Gasteiger partial charge in [0.1, 0.15) is 5.76 Å². The third kappa shape index (κ3) is 2.97. The Bertz CT molecular complexity index is 595. The first kappa shape index (κ1) is 16.4. The third-order valence-electron chi connectivity index (χ3n) is 3.56. The zero-order chi connectivity index (χ0) is 16.3. The average molecular weight is 321 g/mol. The molecule has 118 valence electrons. The zero-order valence-corrected chi connectivity index (χ0v) is 13.6. The molecule has 1 saturated heterocycles. The second kappa shape index (κ2) is 6.87. The van der Waals surface area contributed by atoms with Crippen molar-refractivity contribution in [2.24, 2.45) is 5.92 Å². The van der Waals surface area contributed by atoms with E-state index in [1.165, 1.54) is 30.7 Å². The molecule has 2 atom stereocenters. The number of aliphatic hydroxyl groups excluding tert-OH is 1. The van der Waals surface area contributed by atoms with Crippen LogP contribution in [-0.2, 0) is 14.3 Å². The van der Waals surface area contributed by atoms with Gasteiger partial charge in [0.05, 0.1) is 18.4 Å². The number of rotatable bonds is 5. The number of allylic oxidation sites excluding steroid dienone is 1. The molecule has 1 heterocycles. The molecule has 0 saturated carbocycles. The molecular formula is C16H19NO4S. The number of ether oxygens (including phenoxy) is 1. The SMILES string of the molecule is CC[C@H]1C(=O)N(/C(C(=O)OC)=C(/C)O)[C@@H]1Sc1ccccc1. The average Bonchev–Trinajstić information content (AvgIpc) is 2.52. The molecule has 0 aliphatic carbocycles. The standard InChI is InChI=1S/C16H19NO4S/c1-4-12-14(19)17(13(10(2)18)16(20)21-3)15(12)22-11-8-6-5-7-9-11/h5-9,12,15,18H,4H2,1-3H3/b13-10-/t12-,15+/m0/s1. The number of thioether (sulfide) groups is 1. The normalized spacial score (nSPS) is 22.0. The number of benzene rings is 1. The second-order valence-electron chi connectivity index (χ2n) is 4.97. The van der Waals surface area contributed by atoms with Crippen molar-refractivity contribution in [1.82, 2.24) is 4.90 Å². The molecule has 1 amide bonds.